The number of nitrogens with zero attached hydrogens (tertiary/aromatic N) is 6. The first-order valence-corrected chi connectivity index (χ1v) is 10.5. The molecular weight excluding hydrogens is 386 g/mol. The Kier molecular flexibility index (Phi) is 5.65. The molecule has 164 valence electrons. The fraction of sp³-hybridized carbons (Fsp3) is 0.700. The molecule has 2 N–H and O–H groups in total. The van der Waals surface area contributed by atoms with Gasteiger partial charge in [0.1, 0.15) is 18.8 Å². The number of amides is 1. The van der Waals surface area contributed by atoms with Crippen LogP contribution in [0.25, 0.3) is 0 Å². The second kappa shape index (κ2) is 8.09. The molecule has 4 rings (SSSR count). The highest BCUT2D eigenvalue weighted by atomic mass is 16.5. The van der Waals surface area contributed by atoms with Gasteiger partial charge in [0.05, 0.1) is 22.4 Å². The van der Waals surface area contributed by atoms with Crippen LogP contribution >= 0.6 is 0 Å². The minimum Gasteiger partial charge on any atom is -0.388 e. The maximum absolute atomic E-state index is 12.9. The van der Waals surface area contributed by atoms with Crippen molar-refractivity contribution in [3.63, 3.8) is 0 Å². The van der Waals surface area contributed by atoms with Crippen LogP contribution in [0, 0.1) is 6.92 Å². The van der Waals surface area contributed by atoms with E-state index < -0.39 is 17.2 Å². The summed E-state index contributed by atoms with van der Waals surface area (Å²) in [6.45, 7) is 7.66. The number of aromatic nitrogens is 5. The van der Waals surface area contributed by atoms with Gasteiger partial charge in [0, 0.05) is 46.0 Å². The topological polar surface area (TPSA) is 110 Å². The molecule has 30 heavy (non-hydrogen) atoms. The molecule has 2 atom stereocenters. The van der Waals surface area contributed by atoms with Gasteiger partial charge in [-0.25, -0.2) is 0 Å². The minimum absolute atomic E-state index is 0.203. The van der Waals surface area contributed by atoms with Crippen molar-refractivity contribution in [3.8, 4) is 0 Å². The van der Waals surface area contributed by atoms with Crippen LogP contribution in [0.4, 0.5) is 0 Å². The smallest absolute Gasteiger partial charge is 0.255 e. The van der Waals surface area contributed by atoms with Gasteiger partial charge in [-0.2, -0.15) is 5.10 Å². The molecule has 0 unspecified atom stereocenters. The van der Waals surface area contributed by atoms with Crippen molar-refractivity contribution >= 4 is 5.91 Å². The van der Waals surface area contributed by atoms with E-state index in [2.05, 4.69) is 25.5 Å². The van der Waals surface area contributed by atoms with E-state index >= 15 is 0 Å². The predicted molar refractivity (Wildman–Crippen MR) is 109 cm³/mol. The Labute approximate surface area is 176 Å². The molecule has 4 heterocycles. The monoisotopic (exact) mass is 417 g/mol. The van der Waals surface area contributed by atoms with Crippen LogP contribution in [-0.2, 0) is 18.3 Å². The highest BCUT2D eigenvalue weighted by Crippen LogP contribution is 2.40. The van der Waals surface area contributed by atoms with Crippen LogP contribution in [0.15, 0.2) is 18.9 Å². The van der Waals surface area contributed by atoms with E-state index in [0.29, 0.717) is 24.3 Å². The Bertz CT molecular complexity index is 873. The number of piperidine rings is 1. The van der Waals surface area contributed by atoms with Gasteiger partial charge in [-0.05, 0) is 33.1 Å². The van der Waals surface area contributed by atoms with E-state index in [9.17, 15) is 9.90 Å². The number of carbonyl (C=O) groups excluding carboxylic acids is 1. The number of nitrogens with one attached hydrogen (secondary N) is 1. The van der Waals surface area contributed by atoms with Crippen LogP contribution in [0.3, 0.4) is 0 Å². The van der Waals surface area contributed by atoms with Crippen molar-refractivity contribution in [2.75, 3.05) is 26.2 Å². The summed E-state index contributed by atoms with van der Waals surface area (Å²) in [6.07, 6.45) is 6.40. The molecule has 0 radical (unpaired) electrons. The molecule has 10 nitrogen and oxygen atoms in total. The summed E-state index contributed by atoms with van der Waals surface area (Å²) in [5.41, 5.74) is -0.161. The zero-order valence-electron chi connectivity index (χ0n) is 17.9. The molecule has 0 aliphatic carbocycles. The van der Waals surface area contributed by atoms with Crippen molar-refractivity contribution in [1.29, 1.82) is 0 Å². The fourth-order valence-corrected chi connectivity index (χ4v) is 4.71. The Balaban J connectivity index is 1.39. The maximum atomic E-state index is 12.9. The fourth-order valence-electron chi connectivity index (χ4n) is 4.71. The first kappa shape index (κ1) is 21.0. The van der Waals surface area contributed by atoms with E-state index in [1.165, 1.54) is 0 Å². The van der Waals surface area contributed by atoms with E-state index in [4.69, 9.17) is 4.74 Å². The molecule has 2 aromatic rings. The van der Waals surface area contributed by atoms with E-state index in [1.807, 2.05) is 18.4 Å². The SMILES string of the molecule is Cc1nn(C)cc1C(=O)N[C@]1(C)CCOC2(CCN(CCn3cnnc3)CC2)[C@H]1O. The molecule has 2 aliphatic heterocycles. The number of hydrogen-bond donors (Lipinski definition) is 2. The third-order valence-corrected chi connectivity index (χ3v) is 6.61. The van der Waals surface area contributed by atoms with Crippen molar-refractivity contribution in [2.45, 2.75) is 56.9 Å². The molecular formula is C20H31N7O3. The van der Waals surface area contributed by atoms with Crippen LogP contribution in [-0.4, -0.2) is 83.9 Å². The normalized spacial score (nSPS) is 26.7. The number of rotatable bonds is 5. The molecule has 0 saturated carbocycles. The van der Waals surface area contributed by atoms with Gasteiger partial charge < -0.3 is 24.6 Å². The summed E-state index contributed by atoms with van der Waals surface area (Å²) in [7, 11) is 1.79. The lowest BCUT2D eigenvalue weighted by molar-refractivity contribution is -0.205. The largest absolute Gasteiger partial charge is 0.388 e. The molecule has 0 bridgehead atoms. The summed E-state index contributed by atoms with van der Waals surface area (Å²) < 4.78 is 9.75. The summed E-state index contributed by atoms with van der Waals surface area (Å²) in [6, 6.07) is 0. The number of carbonyl (C=O) groups is 1. The van der Waals surface area contributed by atoms with Crippen molar-refractivity contribution < 1.29 is 14.6 Å². The average Bonchev–Trinajstić information content (AvgIpc) is 3.35. The van der Waals surface area contributed by atoms with E-state index in [1.54, 1.807) is 30.6 Å². The van der Waals surface area contributed by atoms with Crippen molar-refractivity contribution in [2.24, 2.45) is 7.05 Å². The van der Waals surface area contributed by atoms with Crippen LogP contribution in [0.1, 0.15) is 42.2 Å². The van der Waals surface area contributed by atoms with E-state index in [0.717, 1.165) is 39.0 Å². The zero-order chi connectivity index (χ0) is 21.4. The number of hydrogen-bond acceptors (Lipinski definition) is 7. The Morgan fingerprint density at radius 2 is 1.97 bits per heavy atom. The van der Waals surface area contributed by atoms with Crippen LogP contribution < -0.4 is 5.32 Å². The van der Waals surface area contributed by atoms with Crippen molar-refractivity contribution in [3.05, 3.63) is 30.1 Å². The number of aliphatic hydroxyl groups excluding tert-OH is 1. The first-order chi connectivity index (χ1) is 14.3. The third kappa shape index (κ3) is 3.99. The zero-order valence-corrected chi connectivity index (χ0v) is 17.9. The minimum atomic E-state index is -0.778. The second-order valence-electron chi connectivity index (χ2n) is 8.78. The lowest BCUT2D eigenvalue weighted by atomic mass is 9.73. The summed E-state index contributed by atoms with van der Waals surface area (Å²) >= 11 is 0. The Morgan fingerprint density at radius 3 is 2.60 bits per heavy atom. The quantitative estimate of drug-likeness (QED) is 0.711. The van der Waals surface area contributed by atoms with Crippen molar-refractivity contribution in [1.82, 2.24) is 34.8 Å². The number of aliphatic hydroxyl groups is 1. The predicted octanol–water partition coefficient (Wildman–Crippen LogP) is 0.125. The molecule has 10 heteroatoms. The van der Waals surface area contributed by atoms with E-state index in [-0.39, 0.29) is 5.91 Å². The molecule has 2 fully saturated rings. The highest BCUT2D eigenvalue weighted by molar-refractivity contribution is 5.95. The standard InChI is InChI=1S/C20H31N7O3/c1-15-16(12-25(3)24-15)17(28)23-19(2)6-11-30-20(18(19)29)4-7-26(8-5-20)9-10-27-13-21-22-14-27/h12-14,18,29H,4-11H2,1-3H3,(H,23,28)/t18-,19+/m0/s1. The third-order valence-electron chi connectivity index (χ3n) is 6.61. The number of likely N-dealkylation sites (tertiary alicyclic amines) is 1. The number of ether oxygens (including phenoxy) is 1. The molecule has 2 aliphatic rings. The summed E-state index contributed by atoms with van der Waals surface area (Å²) in [5.74, 6) is -0.203. The molecule has 0 aromatic carbocycles. The molecule has 2 aromatic heterocycles. The van der Waals surface area contributed by atoms with Gasteiger partial charge in [0.15, 0.2) is 0 Å². The van der Waals surface area contributed by atoms with Gasteiger partial charge in [0.2, 0.25) is 0 Å². The lowest BCUT2D eigenvalue weighted by Gasteiger charge is -2.53. The summed E-state index contributed by atoms with van der Waals surface area (Å²) in [4.78, 5) is 15.2. The van der Waals surface area contributed by atoms with Gasteiger partial charge in [-0.15, -0.1) is 10.2 Å². The van der Waals surface area contributed by atoms with Gasteiger partial charge in [-0.3, -0.25) is 9.48 Å². The van der Waals surface area contributed by atoms with Gasteiger partial charge in [0.25, 0.3) is 5.91 Å². The second-order valence-corrected chi connectivity index (χ2v) is 8.78. The lowest BCUT2D eigenvalue weighted by Crippen LogP contribution is -2.69. The highest BCUT2D eigenvalue weighted by Gasteiger charge is 2.53. The summed E-state index contributed by atoms with van der Waals surface area (Å²) in [5, 5.41) is 26.3. The molecule has 2 saturated heterocycles. The van der Waals surface area contributed by atoms with Crippen LogP contribution in [0.2, 0.25) is 0 Å². The Hall–Kier alpha value is -2.30. The molecule has 1 amide bonds. The first-order valence-electron chi connectivity index (χ1n) is 10.5. The molecule has 1 spiro atoms. The Morgan fingerprint density at radius 1 is 1.27 bits per heavy atom. The van der Waals surface area contributed by atoms with Gasteiger partial charge in [-0.1, -0.05) is 0 Å². The van der Waals surface area contributed by atoms with Crippen LogP contribution in [0.5, 0.6) is 0 Å². The average molecular weight is 418 g/mol. The number of aryl methyl sites for hydroxylation is 2. The van der Waals surface area contributed by atoms with Gasteiger partial charge >= 0.3 is 0 Å². The maximum Gasteiger partial charge on any atom is 0.255 e.